The number of nitrogens with one attached hydrogen (secondary N) is 1. The molecule has 0 radical (unpaired) electrons. The molecule has 0 aromatic heterocycles. The lowest BCUT2D eigenvalue weighted by Crippen LogP contribution is -2.32. The molecular weight excluding hydrogens is 275 g/mol. The summed E-state index contributed by atoms with van der Waals surface area (Å²) in [5.41, 5.74) is 6.06. The first-order chi connectivity index (χ1) is 8.38. The largest absolute Gasteiger partial charge is 0.387 e. The van der Waals surface area contributed by atoms with Gasteiger partial charge in [-0.25, -0.2) is 0 Å². The molecule has 1 aromatic rings. The smallest absolute Gasteiger partial charge is 0.221 e. The summed E-state index contributed by atoms with van der Waals surface area (Å²) in [6.45, 7) is 1.84. The number of amides is 1. The molecule has 1 amide bonds. The average molecular weight is 291 g/mol. The van der Waals surface area contributed by atoms with Crippen LogP contribution in [-0.4, -0.2) is 23.6 Å². The van der Waals surface area contributed by atoms with Crippen molar-refractivity contribution in [3.05, 3.63) is 33.8 Å². The van der Waals surface area contributed by atoms with Gasteiger partial charge < -0.3 is 16.2 Å². The third kappa shape index (κ3) is 5.23. The van der Waals surface area contributed by atoms with E-state index in [0.29, 0.717) is 15.6 Å². The van der Waals surface area contributed by atoms with E-state index < -0.39 is 6.10 Å². The van der Waals surface area contributed by atoms with Crippen molar-refractivity contribution in [1.29, 1.82) is 0 Å². The van der Waals surface area contributed by atoms with Crippen molar-refractivity contribution >= 4 is 29.1 Å². The number of rotatable bonds is 5. The topological polar surface area (TPSA) is 75.4 Å². The van der Waals surface area contributed by atoms with Crippen molar-refractivity contribution in [2.24, 2.45) is 5.73 Å². The van der Waals surface area contributed by atoms with Crippen LogP contribution < -0.4 is 11.1 Å². The molecule has 0 heterocycles. The maximum atomic E-state index is 11.4. The Bertz CT molecular complexity index is 404. The van der Waals surface area contributed by atoms with E-state index >= 15 is 0 Å². The first-order valence-corrected chi connectivity index (χ1v) is 6.30. The highest BCUT2D eigenvalue weighted by molar-refractivity contribution is 6.34. The number of hydrogen-bond acceptors (Lipinski definition) is 3. The number of hydrogen-bond donors (Lipinski definition) is 3. The van der Waals surface area contributed by atoms with Crippen LogP contribution in [0.1, 0.15) is 25.0 Å². The van der Waals surface area contributed by atoms with E-state index in [2.05, 4.69) is 5.32 Å². The quantitative estimate of drug-likeness (QED) is 0.775. The Hall–Kier alpha value is -0.810. The summed E-state index contributed by atoms with van der Waals surface area (Å²) in [6.07, 6.45) is -0.624. The Morgan fingerprint density at radius 1 is 1.39 bits per heavy atom. The lowest BCUT2D eigenvalue weighted by Gasteiger charge is -2.13. The first kappa shape index (κ1) is 15.2. The van der Waals surface area contributed by atoms with Gasteiger partial charge in [0.1, 0.15) is 0 Å². The van der Waals surface area contributed by atoms with Crippen molar-refractivity contribution < 1.29 is 9.90 Å². The number of aliphatic hydroxyl groups is 1. The van der Waals surface area contributed by atoms with Gasteiger partial charge in [-0.3, -0.25) is 4.79 Å². The minimum absolute atomic E-state index is 0.0994. The highest BCUT2D eigenvalue weighted by Gasteiger charge is 2.11. The SMILES string of the molecule is CC(N)CC(=O)NCC(O)c1cc(Cl)cc(Cl)c1. The maximum absolute atomic E-state index is 11.4. The van der Waals surface area contributed by atoms with E-state index in [0.717, 1.165) is 0 Å². The van der Waals surface area contributed by atoms with Gasteiger partial charge in [0.15, 0.2) is 0 Å². The molecule has 0 saturated carbocycles. The second-order valence-electron chi connectivity index (χ2n) is 4.20. The van der Waals surface area contributed by atoms with E-state index in [-0.39, 0.29) is 24.9 Å². The second kappa shape index (κ2) is 6.95. The number of aliphatic hydroxyl groups excluding tert-OH is 1. The van der Waals surface area contributed by atoms with E-state index in [1.807, 2.05) is 0 Å². The third-order valence-electron chi connectivity index (χ3n) is 2.27. The number of carbonyl (C=O) groups is 1. The van der Waals surface area contributed by atoms with Crippen molar-refractivity contribution in [3.8, 4) is 0 Å². The lowest BCUT2D eigenvalue weighted by atomic mass is 10.1. The average Bonchev–Trinajstić information content (AvgIpc) is 2.23. The van der Waals surface area contributed by atoms with Crippen LogP contribution in [0, 0.1) is 0 Å². The summed E-state index contributed by atoms with van der Waals surface area (Å²) in [4.78, 5) is 11.4. The molecular formula is C12H16Cl2N2O2. The van der Waals surface area contributed by atoms with Gasteiger partial charge in [0.05, 0.1) is 6.10 Å². The van der Waals surface area contributed by atoms with Gasteiger partial charge in [-0.1, -0.05) is 23.2 Å². The standard InChI is InChI=1S/C12H16Cl2N2O2/c1-7(15)2-12(18)16-6-11(17)8-3-9(13)5-10(14)4-8/h3-5,7,11,17H,2,6,15H2,1H3,(H,16,18). The van der Waals surface area contributed by atoms with Crippen LogP contribution in [0.3, 0.4) is 0 Å². The molecule has 6 heteroatoms. The number of carbonyl (C=O) groups excluding carboxylic acids is 1. The maximum Gasteiger partial charge on any atom is 0.221 e. The number of nitrogens with two attached hydrogens (primary N) is 1. The lowest BCUT2D eigenvalue weighted by molar-refractivity contribution is -0.121. The zero-order valence-corrected chi connectivity index (χ0v) is 11.5. The fourth-order valence-electron chi connectivity index (χ4n) is 1.46. The van der Waals surface area contributed by atoms with Crippen LogP contribution in [0.15, 0.2) is 18.2 Å². The predicted octanol–water partition coefficient (Wildman–Crippen LogP) is 1.88. The Balaban J connectivity index is 2.54. The molecule has 1 aromatic carbocycles. The number of benzene rings is 1. The molecule has 0 saturated heterocycles. The molecule has 0 aliphatic heterocycles. The number of halogens is 2. The van der Waals surface area contributed by atoms with Gasteiger partial charge in [-0.05, 0) is 30.7 Å². The molecule has 0 fully saturated rings. The summed E-state index contributed by atoms with van der Waals surface area (Å²) >= 11 is 11.7. The molecule has 4 N–H and O–H groups in total. The van der Waals surface area contributed by atoms with Gasteiger partial charge >= 0.3 is 0 Å². The van der Waals surface area contributed by atoms with Crippen molar-refractivity contribution in [2.45, 2.75) is 25.5 Å². The second-order valence-corrected chi connectivity index (χ2v) is 5.08. The summed E-state index contributed by atoms with van der Waals surface area (Å²) < 4.78 is 0. The Morgan fingerprint density at radius 2 is 1.94 bits per heavy atom. The monoisotopic (exact) mass is 290 g/mol. The van der Waals surface area contributed by atoms with Crippen LogP contribution in [-0.2, 0) is 4.79 Å². The van der Waals surface area contributed by atoms with E-state index in [9.17, 15) is 9.90 Å². The van der Waals surface area contributed by atoms with Gasteiger partial charge in [0.2, 0.25) is 5.91 Å². The van der Waals surface area contributed by atoms with Gasteiger partial charge in [0.25, 0.3) is 0 Å². The molecule has 0 aliphatic carbocycles. The van der Waals surface area contributed by atoms with Crippen LogP contribution in [0.25, 0.3) is 0 Å². The Labute approximate surface area is 116 Å². The first-order valence-electron chi connectivity index (χ1n) is 5.55. The van der Waals surface area contributed by atoms with Crippen LogP contribution >= 0.6 is 23.2 Å². The van der Waals surface area contributed by atoms with Crippen molar-refractivity contribution in [3.63, 3.8) is 0 Å². The molecule has 2 unspecified atom stereocenters. The molecule has 0 aliphatic rings. The molecule has 2 atom stereocenters. The van der Waals surface area contributed by atoms with E-state index in [1.54, 1.807) is 25.1 Å². The molecule has 0 spiro atoms. The normalized spacial score (nSPS) is 14.1. The fourth-order valence-corrected chi connectivity index (χ4v) is 2.00. The highest BCUT2D eigenvalue weighted by Crippen LogP contribution is 2.23. The highest BCUT2D eigenvalue weighted by atomic mass is 35.5. The van der Waals surface area contributed by atoms with E-state index in [4.69, 9.17) is 28.9 Å². The van der Waals surface area contributed by atoms with Crippen LogP contribution in [0.4, 0.5) is 0 Å². The van der Waals surface area contributed by atoms with Crippen molar-refractivity contribution in [2.75, 3.05) is 6.54 Å². The Morgan fingerprint density at radius 3 is 2.44 bits per heavy atom. The molecule has 4 nitrogen and oxygen atoms in total. The van der Waals surface area contributed by atoms with Crippen molar-refractivity contribution in [1.82, 2.24) is 5.32 Å². The summed E-state index contributed by atoms with van der Waals surface area (Å²) in [7, 11) is 0. The zero-order valence-electron chi connectivity index (χ0n) is 9.99. The minimum Gasteiger partial charge on any atom is -0.387 e. The summed E-state index contributed by atoms with van der Waals surface area (Å²) in [5.74, 6) is -0.197. The minimum atomic E-state index is -0.849. The van der Waals surface area contributed by atoms with Gasteiger partial charge in [-0.15, -0.1) is 0 Å². The van der Waals surface area contributed by atoms with Gasteiger partial charge in [-0.2, -0.15) is 0 Å². The van der Waals surface area contributed by atoms with Gasteiger partial charge in [0, 0.05) is 29.1 Å². The molecule has 18 heavy (non-hydrogen) atoms. The molecule has 100 valence electrons. The van der Waals surface area contributed by atoms with Crippen LogP contribution in [0.2, 0.25) is 10.0 Å². The fraction of sp³-hybridized carbons (Fsp3) is 0.417. The zero-order chi connectivity index (χ0) is 13.7. The summed E-state index contributed by atoms with van der Waals surface area (Å²) in [6, 6.07) is 4.59. The molecule has 0 bridgehead atoms. The third-order valence-corrected chi connectivity index (χ3v) is 2.71. The Kier molecular flexibility index (Phi) is 5.88. The van der Waals surface area contributed by atoms with Crippen LogP contribution in [0.5, 0.6) is 0 Å². The predicted molar refractivity (Wildman–Crippen MR) is 72.7 cm³/mol. The van der Waals surface area contributed by atoms with E-state index in [1.165, 1.54) is 0 Å². The summed E-state index contributed by atoms with van der Waals surface area (Å²) in [5, 5.41) is 13.4. The molecule has 1 rings (SSSR count).